The van der Waals surface area contributed by atoms with Gasteiger partial charge in [-0.05, 0) is 37.9 Å². The molecule has 1 unspecified atom stereocenters. The van der Waals surface area contributed by atoms with Crippen molar-refractivity contribution in [1.29, 1.82) is 0 Å². The van der Waals surface area contributed by atoms with Gasteiger partial charge in [0, 0.05) is 55.7 Å². The fraction of sp³-hybridized carbons (Fsp3) is 0.500. The first-order chi connectivity index (χ1) is 12.1. The molecule has 134 valence electrons. The van der Waals surface area contributed by atoms with Gasteiger partial charge in [-0.3, -0.25) is 14.8 Å². The van der Waals surface area contributed by atoms with Gasteiger partial charge < -0.3 is 21.1 Å². The van der Waals surface area contributed by atoms with E-state index in [1.54, 1.807) is 18.6 Å². The van der Waals surface area contributed by atoms with Gasteiger partial charge in [0.1, 0.15) is 5.60 Å². The van der Waals surface area contributed by atoms with Crippen molar-refractivity contribution in [2.75, 3.05) is 31.1 Å². The highest BCUT2D eigenvalue weighted by Gasteiger charge is 2.36. The van der Waals surface area contributed by atoms with E-state index in [-0.39, 0.29) is 12.5 Å². The number of aliphatic hydroxyl groups is 1. The number of carbonyl (C=O) groups is 1. The highest BCUT2D eigenvalue weighted by atomic mass is 16.3. The van der Waals surface area contributed by atoms with Crippen molar-refractivity contribution in [1.82, 2.24) is 15.3 Å². The van der Waals surface area contributed by atoms with Gasteiger partial charge in [0.25, 0.3) is 0 Å². The third kappa shape index (κ3) is 4.24. The van der Waals surface area contributed by atoms with Gasteiger partial charge in [-0.1, -0.05) is 0 Å². The van der Waals surface area contributed by atoms with Crippen LogP contribution in [-0.2, 0) is 4.79 Å². The van der Waals surface area contributed by atoms with Crippen LogP contribution < -0.4 is 16.0 Å². The minimum Gasteiger partial charge on any atom is -0.386 e. The third-order valence-electron chi connectivity index (χ3n) is 4.67. The van der Waals surface area contributed by atoms with E-state index in [4.69, 9.17) is 5.73 Å². The molecule has 2 aromatic heterocycles. The number of carbonyl (C=O) groups excluding carboxylic acids is 1. The van der Waals surface area contributed by atoms with Crippen molar-refractivity contribution in [3.8, 4) is 0 Å². The van der Waals surface area contributed by atoms with Crippen LogP contribution in [0.3, 0.4) is 0 Å². The molecule has 1 saturated heterocycles. The first-order valence-corrected chi connectivity index (χ1v) is 8.74. The van der Waals surface area contributed by atoms with Crippen LogP contribution in [0.2, 0.25) is 0 Å². The third-order valence-corrected chi connectivity index (χ3v) is 4.67. The number of anilines is 1. The zero-order chi connectivity index (χ0) is 17.7. The number of nitrogens with one attached hydrogen (secondary N) is 1. The lowest BCUT2D eigenvalue weighted by atomic mass is 10.0. The number of unbranched alkanes of at least 4 members (excludes halogenated alkanes) is 1. The molecular weight excluding hydrogens is 318 g/mol. The second kappa shape index (κ2) is 7.76. The maximum Gasteiger partial charge on any atom is 0.220 e. The molecule has 1 atom stereocenters. The molecule has 0 radical (unpaired) electrons. The summed E-state index contributed by atoms with van der Waals surface area (Å²) in [5.41, 5.74) is 6.42. The van der Waals surface area contributed by atoms with Crippen molar-refractivity contribution < 1.29 is 9.90 Å². The molecule has 3 rings (SSSR count). The number of hydrogen-bond acceptors (Lipinski definition) is 6. The second-order valence-corrected chi connectivity index (χ2v) is 6.64. The van der Waals surface area contributed by atoms with Crippen LogP contribution in [-0.4, -0.2) is 52.8 Å². The van der Waals surface area contributed by atoms with Crippen LogP contribution in [0.25, 0.3) is 10.9 Å². The summed E-state index contributed by atoms with van der Waals surface area (Å²) in [6, 6.07) is 3.82. The quantitative estimate of drug-likeness (QED) is 0.643. The summed E-state index contributed by atoms with van der Waals surface area (Å²) in [5, 5.41) is 14.6. The summed E-state index contributed by atoms with van der Waals surface area (Å²) in [6.07, 6.45) is 7.98. The van der Waals surface area contributed by atoms with Gasteiger partial charge >= 0.3 is 0 Å². The van der Waals surface area contributed by atoms with E-state index in [9.17, 15) is 9.90 Å². The summed E-state index contributed by atoms with van der Waals surface area (Å²) in [4.78, 5) is 22.5. The minimum absolute atomic E-state index is 0.0288. The number of fused-ring (bicyclic) bond motifs is 1. The van der Waals surface area contributed by atoms with Crippen molar-refractivity contribution >= 4 is 22.5 Å². The predicted molar refractivity (Wildman–Crippen MR) is 97.2 cm³/mol. The maximum absolute atomic E-state index is 11.8. The molecule has 1 fully saturated rings. The first-order valence-electron chi connectivity index (χ1n) is 8.74. The molecule has 7 nitrogen and oxygen atoms in total. The molecule has 25 heavy (non-hydrogen) atoms. The van der Waals surface area contributed by atoms with E-state index in [2.05, 4.69) is 20.2 Å². The van der Waals surface area contributed by atoms with Crippen molar-refractivity contribution in [3.63, 3.8) is 0 Å². The molecule has 1 aliphatic rings. The lowest BCUT2D eigenvalue weighted by molar-refractivity contribution is -0.122. The topological polar surface area (TPSA) is 104 Å². The Hall–Kier alpha value is -2.25. The Labute approximate surface area is 147 Å². The van der Waals surface area contributed by atoms with Gasteiger partial charge in [0.2, 0.25) is 5.91 Å². The van der Waals surface area contributed by atoms with Crippen LogP contribution in [0.15, 0.2) is 30.7 Å². The van der Waals surface area contributed by atoms with Crippen LogP contribution >= 0.6 is 0 Å². The van der Waals surface area contributed by atoms with Crippen LogP contribution in [0.5, 0.6) is 0 Å². The van der Waals surface area contributed by atoms with E-state index >= 15 is 0 Å². The number of hydrogen-bond donors (Lipinski definition) is 3. The summed E-state index contributed by atoms with van der Waals surface area (Å²) < 4.78 is 0. The summed E-state index contributed by atoms with van der Waals surface area (Å²) in [6.45, 7) is 2.07. The van der Waals surface area contributed by atoms with Gasteiger partial charge in [-0.2, -0.15) is 0 Å². The van der Waals surface area contributed by atoms with Crippen LogP contribution in [0, 0.1) is 0 Å². The standard InChI is InChI=1S/C18H25N5O2/c19-7-2-1-3-17(24)22-12-18(25)6-10-23(13-18)16-5-9-21-15-4-8-20-11-14(15)16/h4-5,8-9,11,25H,1-3,6-7,10,12-13,19H2,(H,22,24). The largest absolute Gasteiger partial charge is 0.386 e. The molecule has 4 N–H and O–H groups in total. The normalized spacial score (nSPS) is 20.2. The average molecular weight is 343 g/mol. The number of pyridine rings is 2. The molecule has 3 heterocycles. The molecule has 2 aromatic rings. The Morgan fingerprint density at radius 2 is 2.24 bits per heavy atom. The maximum atomic E-state index is 11.8. The van der Waals surface area contributed by atoms with E-state index < -0.39 is 5.60 Å². The summed E-state index contributed by atoms with van der Waals surface area (Å²) >= 11 is 0. The Morgan fingerprint density at radius 1 is 1.36 bits per heavy atom. The number of β-amino-alcohol motifs (C(OH)–C–C–N with tert-alkyl or cyclic N) is 1. The number of nitrogens with zero attached hydrogens (tertiary/aromatic N) is 3. The predicted octanol–water partition coefficient (Wildman–Crippen LogP) is 0.816. The van der Waals surface area contributed by atoms with Crippen molar-refractivity contribution in [2.24, 2.45) is 5.73 Å². The number of nitrogens with two attached hydrogens (primary N) is 1. The van der Waals surface area contributed by atoms with Crippen LogP contribution in [0.1, 0.15) is 25.7 Å². The van der Waals surface area contributed by atoms with Gasteiger partial charge in [0.05, 0.1) is 5.52 Å². The Kier molecular flexibility index (Phi) is 5.45. The molecule has 0 saturated carbocycles. The molecule has 0 aliphatic carbocycles. The van der Waals surface area contributed by atoms with Crippen molar-refractivity contribution in [2.45, 2.75) is 31.3 Å². The van der Waals surface area contributed by atoms with E-state index in [0.717, 1.165) is 36.0 Å². The zero-order valence-electron chi connectivity index (χ0n) is 14.3. The lowest BCUT2D eigenvalue weighted by Crippen LogP contribution is -2.45. The molecule has 0 bridgehead atoms. The minimum atomic E-state index is -0.915. The van der Waals surface area contributed by atoms with E-state index in [1.165, 1.54) is 0 Å². The van der Waals surface area contributed by atoms with Gasteiger partial charge in [0.15, 0.2) is 0 Å². The van der Waals surface area contributed by atoms with Crippen LogP contribution in [0.4, 0.5) is 5.69 Å². The van der Waals surface area contributed by atoms with E-state index in [0.29, 0.717) is 25.9 Å². The summed E-state index contributed by atoms with van der Waals surface area (Å²) in [7, 11) is 0. The Balaban J connectivity index is 1.61. The molecule has 0 spiro atoms. The number of rotatable bonds is 7. The Morgan fingerprint density at radius 3 is 3.08 bits per heavy atom. The highest BCUT2D eigenvalue weighted by Crippen LogP contribution is 2.31. The lowest BCUT2D eigenvalue weighted by Gasteiger charge is -2.25. The smallest absolute Gasteiger partial charge is 0.220 e. The van der Waals surface area contributed by atoms with Gasteiger partial charge in [-0.25, -0.2) is 0 Å². The molecule has 0 aromatic carbocycles. The number of aromatic nitrogens is 2. The highest BCUT2D eigenvalue weighted by molar-refractivity contribution is 5.90. The second-order valence-electron chi connectivity index (χ2n) is 6.64. The van der Waals surface area contributed by atoms with Gasteiger partial charge in [-0.15, -0.1) is 0 Å². The zero-order valence-corrected chi connectivity index (χ0v) is 14.3. The molecule has 7 heteroatoms. The van der Waals surface area contributed by atoms with E-state index in [1.807, 2.05) is 12.1 Å². The monoisotopic (exact) mass is 343 g/mol. The fourth-order valence-electron chi connectivity index (χ4n) is 3.24. The fourth-order valence-corrected chi connectivity index (χ4v) is 3.24. The Bertz CT molecular complexity index is 733. The average Bonchev–Trinajstić information content (AvgIpc) is 3.02. The van der Waals surface area contributed by atoms with Crippen molar-refractivity contribution in [3.05, 3.63) is 30.7 Å². The summed E-state index contributed by atoms with van der Waals surface area (Å²) in [5.74, 6) is -0.0288. The SMILES string of the molecule is NCCCCC(=O)NCC1(O)CCN(c2ccnc3ccncc23)C1. The molecule has 1 amide bonds. The number of amides is 1. The molecule has 1 aliphatic heterocycles. The first kappa shape index (κ1) is 17.6. The molecular formula is C18H25N5O2.